The number of nitrogens with one attached hydrogen (secondary N) is 1. The largest absolute Gasteiger partial charge is 0.494 e. The lowest BCUT2D eigenvalue weighted by Gasteiger charge is -2.26. The van der Waals surface area contributed by atoms with Gasteiger partial charge in [0.05, 0.1) is 12.6 Å². The summed E-state index contributed by atoms with van der Waals surface area (Å²) in [6.45, 7) is 2.55. The van der Waals surface area contributed by atoms with E-state index >= 15 is 0 Å². The van der Waals surface area contributed by atoms with Gasteiger partial charge in [-0.3, -0.25) is 4.79 Å². The fourth-order valence-electron chi connectivity index (χ4n) is 3.17. The molecule has 140 valence electrons. The molecule has 0 aliphatic heterocycles. The zero-order valence-corrected chi connectivity index (χ0v) is 15.7. The molecule has 0 aromatic heterocycles. The van der Waals surface area contributed by atoms with Crippen LogP contribution in [0.2, 0.25) is 0 Å². The van der Waals surface area contributed by atoms with Gasteiger partial charge in [-0.05, 0) is 73.7 Å². The first-order valence-electron chi connectivity index (χ1n) is 8.69. The number of benzene rings is 2. The number of halogens is 1. The smallest absolute Gasteiger partial charge is 0.258 e. The molecule has 0 heterocycles. The highest BCUT2D eigenvalue weighted by molar-refractivity contribution is 5.85. The second-order valence-electron chi connectivity index (χ2n) is 6.16. The first-order valence-corrected chi connectivity index (χ1v) is 8.69. The zero-order chi connectivity index (χ0) is 17.6. The monoisotopic (exact) mass is 376 g/mol. The molecule has 6 heteroatoms. The maximum absolute atomic E-state index is 12.2. The van der Waals surface area contributed by atoms with E-state index in [9.17, 15) is 4.79 Å². The second-order valence-corrected chi connectivity index (χ2v) is 6.16. The van der Waals surface area contributed by atoms with Crippen molar-refractivity contribution in [2.75, 3.05) is 18.9 Å². The molecular formula is C20H25ClN2O3. The van der Waals surface area contributed by atoms with Crippen molar-refractivity contribution in [3.63, 3.8) is 0 Å². The van der Waals surface area contributed by atoms with E-state index in [0.717, 1.165) is 36.3 Å². The van der Waals surface area contributed by atoms with Crippen LogP contribution in [0.5, 0.6) is 11.5 Å². The number of carbonyl (C=O) groups excluding carboxylic acids is 1. The number of nitrogen functional groups attached to an aromatic ring is 1. The molecule has 0 saturated carbocycles. The molecule has 1 amide bonds. The third kappa shape index (κ3) is 5.05. The number of carbonyl (C=O) groups is 1. The van der Waals surface area contributed by atoms with Crippen LogP contribution < -0.4 is 20.5 Å². The van der Waals surface area contributed by atoms with E-state index in [2.05, 4.69) is 5.32 Å². The van der Waals surface area contributed by atoms with Gasteiger partial charge >= 0.3 is 0 Å². The number of rotatable bonds is 6. The summed E-state index contributed by atoms with van der Waals surface area (Å²) in [6.07, 6.45) is 2.99. The van der Waals surface area contributed by atoms with E-state index in [1.165, 1.54) is 5.56 Å². The predicted octanol–water partition coefficient (Wildman–Crippen LogP) is 3.66. The van der Waals surface area contributed by atoms with Crippen LogP contribution in [-0.2, 0) is 11.2 Å². The van der Waals surface area contributed by atoms with Gasteiger partial charge in [0.1, 0.15) is 11.5 Å². The summed E-state index contributed by atoms with van der Waals surface area (Å²) >= 11 is 0. The summed E-state index contributed by atoms with van der Waals surface area (Å²) in [5.41, 5.74) is 9.01. The number of fused-ring (bicyclic) bond motifs is 1. The maximum Gasteiger partial charge on any atom is 0.258 e. The summed E-state index contributed by atoms with van der Waals surface area (Å²) in [7, 11) is 0. The van der Waals surface area contributed by atoms with E-state index < -0.39 is 0 Å². The van der Waals surface area contributed by atoms with E-state index in [1.54, 1.807) is 12.1 Å². The second kappa shape index (κ2) is 9.34. The lowest BCUT2D eigenvalue weighted by molar-refractivity contribution is -0.123. The topological polar surface area (TPSA) is 73.6 Å². The highest BCUT2D eigenvalue weighted by Crippen LogP contribution is 2.30. The Balaban J connectivity index is 0.00000243. The number of nitrogens with two attached hydrogens (primary N) is 1. The van der Waals surface area contributed by atoms with Gasteiger partial charge in [-0.2, -0.15) is 0 Å². The summed E-state index contributed by atoms with van der Waals surface area (Å²) in [4.78, 5) is 12.2. The lowest BCUT2D eigenvalue weighted by atomic mass is 9.87. The predicted molar refractivity (Wildman–Crippen MR) is 105 cm³/mol. The average Bonchev–Trinajstić information content (AvgIpc) is 2.61. The van der Waals surface area contributed by atoms with Crippen LogP contribution in [0.4, 0.5) is 5.69 Å². The van der Waals surface area contributed by atoms with Crippen LogP contribution in [0.3, 0.4) is 0 Å². The number of aryl methyl sites for hydroxylation is 1. The fraction of sp³-hybridized carbons (Fsp3) is 0.350. The van der Waals surface area contributed by atoms with Crippen molar-refractivity contribution >= 4 is 24.0 Å². The summed E-state index contributed by atoms with van der Waals surface area (Å²) < 4.78 is 10.9. The number of ether oxygens (including phenoxy) is 2. The lowest BCUT2D eigenvalue weighted by Crippen LogP contribution is -2.34. The Morgan fingerprint density at radius 1 is 1.15 bits per heavy atom. The number of amides is 1. The van der Waals surface area contributed by atoms with Gasteiger partial charge < -0.3 is 20.5 Å². The summed E-state index contributed by atoms with van der Waals surface area (Å²) in [5.74, 6) is 1.32. The van der Waals surface area contributed by atoms with Crippen LogP contribution in [0.25, 0.3) is 0 Å². The van der Waals surface area contributed by atoms with Crippen LogP contribution >= 0.6 is 12.4 Å². The Labute approximate surface area is 160 Å². The van der Waals surface area contributed by atoms with Crippen molar-refractivity contribution in [1.82, 2.24) is 5.32 Å². The van der Waals surface area contributed by atoms with Crippen molar-refractivity contribution in [3.05, 3.63) is 53.6 Å². The Bertz CT molecular complexity index is 734. The van der Waals surface area contributed by atoms with Crippen LogP contribution in [0, 0.1) is 0 Å². The summed E-state index contributed by atoms with van der Waals surface area (Å²) in [6, 6.07) is 13.2. The molecule has 26 heavy (non-hydrogen) atoms. The van der Waals surface area contributed by atoms with Gasteiger partial charge in [0.15, 0.2) is 6.61 Å². The van der Waals surface area contributed by atoms with Gasteiger partial charge in [0.25, 0.3) is 5.91 Å². The Hall–Kier alpha value is -2.40. The highest BCUT2D eigenvalue weighted by Gasteiger charge is 2.22. The van der Waals surface area contributed by atoms with Gasteiger partial charge in [-0.15, -0.1) is 12.4 Å². The van der Waals surface area contributed by atoms with Gasteiger partial charge in [-0.25, -0.2) is 0 Å². The van der Waals surface area contributed by atoms with Crippen molar-refractivity contribution in [1.29, 1.82) is 0 Å². The molecule has 1 unspecified atom stereocenters. The molecule has 0 saturated heterocycles. The maximum atomic E-state index is 12.2. The normalized spacial score (nSPS) is 15.3. The molecule has 0 spiro atoms. The van der Waals surface area contributed by atoms with Gasteiger partial charge in [0.2, 0.25) is 0 Å². The van der Waals surface area contributed by atoms with E-state index in [-0.39, 0.29) is 31.0 Å². The zero-order valence-electron chi connectivity index (χ0n) is 14.9. The third-order valence-electron chi connectivity index (χ3n) is 4.32. The molecule has 0 fully saturated rings. The molecule has 2 aromatic rings. The minimum Gasteiger partial charge on any atom is -0.494 e. The first-order chi connectivity index (χ1) is 12.2. The minimum atomic E-state index is -0.122. The Morgan fingerprint density at radius 3 is 2.54 bits per heavy atom. The van der Waals surface area contributed by atoms with E-state index in [1.807, 2.05) is 37.3 Å². The molecule has 0 radical (unpaired) electrons. The molecule has 2 aromatic carbocycles. The molecule has 0 bridgehead atoms. The average molecular weight is 377 g/mol. The van der Waals surface area contributed by atoms with Crippen LogP contribution in [-0.4, -0.2) is 19.1 Å². The van der Waals surface area contributed by atoms with Crippen molar-refractivity contribution in [2.24, 2.45) is 0 Å². The van der Waals surface area contributed by atoms with E-state index in [4.69, 9.17) is 15.2 Å². The van der Waals surface area contributed by atoms with E-state index in [0.29, 0.717) is 12.4 Å². The van der Waals surface area contributed by atoms with Crippen molar-refractivity contribution in [3.8, 4) is 11.5 Å². The Kier molecular flexibility index (Phi) is 7.16. The van der Waals surface area contributed by atoms with Gasteiger partial charge in [0, 0.05) is 5.69 Å². The number of anilines is 1. The fourth-order valence-corrected chi connectivity index (χ4v) is 3.17. The number of hydrogen-bond acceptors (Lipinski definition) is 4. The molecular weight excluding hydrogens is 352 g/mol. The molecule has 1 atom stereocenters. The number of hydrogen-bond donors (Lipinski definition) is 2. The van der Waals surface area contributed by atoms with Crippen molar-refractivity contribution in [2.45, 2.75) is 32.2 Å². The molecule has 3 rings (SSSR count). The molecule has 5 nitrogen and oxygen atoms in total. The molecule has 3 N–H and O–H groups in total. The third-order valence-corrected chi connectivity index (χ3v) is 4.32. The highest BCUT2D eigenvalue weighted by atomic mass is 35.5. The molecule has 1 aliphatic rings. The van der Waals surface area contributed by atoms with Crippen LogP contribution in [0.15, 0.2) is 42.5 Å². The first kappa shape index (κ1) is 19.9. The summed E-state index contributed by atoms with van der Waals surface area (Å²) in [5, 5.41) is 3.07. The minimum absolute atomic E-state index is 0. The van der Waals surface area contributed by atoms with Gasteiger partial charge in [-0.1, -0.05) is 6.07 Å². The quantitative estimate of drug-likeness (QED) is 0.754. The van der Waals surface area contributed by atoms with Crippen LogP contribution in [0.1, 0.15) is 36.9 Å². The molecule has 1 aliphatic carbocycles. The SMILES string of the molecule is CCOc1ccc(OCC(=O)NC2CCCc3cc(N)ccc32)cc1.Cl. The Morgan fingerprint density at radius 2 is 1.85 bits per heavy atom. The van der Waals surface area contributed by atoms with Crippen molar-refractivity contribution < 1.29 is 14.3 Å². The standard InChI is InChI=1S/C20H24N2O3.ClH/c1-2-24-16-7-9-17(10-8-16)25-13-20(23)22-19-5-3-4-14-12-15(21)6-11-18(14)19;/h6-12,19H,2-5,13,21H2,1H3,(H,22,23);1H.